The minimum Gasteiger partial charge on any atom is -0.308 e. The van der Waals surface area contributed by atoms with Crippen LogP contribution in [-0.4, -0.2) is 13.2 Å². The van der Waals surface area contributed by atoms with Crippen LogP contribution in [0.4, 0.5) is 0 Å². The number of aromatic nitrogens is 3. The van der Waals surface area contributed by atoms with Crippen molar-refractivity contribution >= 4 is 114 Å². The Morgan fingerprint density at radius 1 is 0.327 bits per heavy atom. The van der Waals surface area contributed by atoms with Gasteiger partial charge >= 0.3 is 0 Å². The lowest BCUT2D eigenvalue weighted by molar-refractivity contribution is 1.35. The molecule has 0 saturated carbocycles. The van der Waals surface area contributed by atoms with E-state index >= 15 is 0 Å². The second kappa shape index (κ2) is 7.72. The zero-order valence-corrected chi connectivity index (χ0v) is 25.7. The van der Waals surface area contributed by atoms with Gasteiger partial charge in [0.15, 0.2) is 0 Å². The molecule has 0 fully saturated rings. The number of benzene rings is 7. The van der Waals surface area contributed by atoms with Gasteiger partial charge in [0.25, 0.3) is 0 Å². The average molecular weight is 618 g/mol. The first kappa shape index (κ1) is 24.1. The van der Waals surface area contributed by atoms with Crippen molar-refractivity contribution in [2.24, 2.45) is 0 Å². The number of hydrogen-bond acceptors (Lipinski definition) is 2. The van der Waals surface area contributed by atoms with Crippen molar-refractivity contribution in [3.05, 3.63) is 126 Å². The predicted octanol–water partition coefficient (Wildman–Crippen LogP) is 10.9. The van der Waals surface area contributed by atoms with Gasteiger partial charge in [-0.25, -0.2) is 0 Å². The van der Waals surface area contributed by atoms with Crippen LogP contribution in [-0.2, 0) is 0 Å². The maximum Gasteiger partial charge on any atom is 0.0999 e. The summed E-state index contributed by atoms with van der Waals surface area (Å²) in [6, 6.07) is 46.0. The standard InChI is InChI=1S/C44H19N5/c45-20-22-18-34-38(43-36(22)28-12-5-10-26-24-8-1-3-16-32(24)48(43)40(26)28)30-14-7-15-31-39-35(47(34)42(30)31)19-23(21-46)37-29-13-6-11-27-25-9-2-4-17-33(25)49(41(27)29)44(37)39/h1-19H. The monoisotopic (exact) mass is 617 g/mol. The topological polar surface area (TPSA) is 60.8 Å². The van der Waals surface area contributed by atoms with Crippen molar-refractivity contribution in [1.82, 2.24) is 13.2 Å². The first-order valence-corrected chi connectivity index (χ1v) is 16.5. The van der Waals surface area contributed by atoms with Gasteiger partial charge in [-0.05, 0) is 24.3 Å². The van der Waals surface area contributed by atoms with E-state index in [2.05, 4.69) is 141 Å². The van der Waals surface area contributed by atoms with E-state index in [4.69, 9.17) is 0 Å². The number of hydrogen-bond donors (Lipinski definition) is 0. The second-order valence-corrected chi connectivity index (χ2v) is 13.5. The van der Waals surface area contributed by atoms with Gasteiger partial charge in [-0.2, -0.15) is 10.5 Å². The molecule has 0 saturated heterocycles. The molecule has 7 aromatic carbocycles. The maximum atomic E-state index is 10.7. The predicted molar refractivity (Wildman–Crippen MR) is 200 cm³/mol. The molecule has 220 valence electrons. The van der Waals surface area contributed by atoms with Crippen LogP contribution in [0.15, 0.2) is 115 Å². The number of rotatable bonds is 0. The first-order valence-electron chi connectivity index (χ1n) is 16.5. The third-order valence-electron chi connectivity index (χ3n) is 11.5. The molecule has 5 nitrogen and oxygen atoms in total. The Morgan fingerprint density at radius 2 is 0.694 bits per heavy atom. The SMILES string of the molecule is N#Cc1cc2c(c3cccc4c5c(cc(C#N)c6c7cccc8c9ccccc9n(c87)c65)n2c34)c2c1c1cccc3c4ccccc4n2c31. The summed E-state index contributed by atoms with van der Waals surface area (Å²) in [6.07, 6.45) is 0. The number of nitriles is 2. The van der Waals surface area contributed by atoms with Gasteiger partial charge in [-0.1, -0.05) is 91.0 Å². The molecule has 0 unspecified atom stereocenters. The fourth-order valence-electron chi connectivity index (χ4n) is 9.83. The van der Waals surface area contributed by atoms with Crippen molar-refractivity contribution in [2.45, 2.75) is 0 Å². The van der Waals surface area contributed by atoms with E-state index in [-0.39, 0.29) is 0 Å². The Balaban J connectivity index is 1.36. The fraction of sp³-hybridized carbons (Fsp3) is 0. The molecule has 6 aromatic heterocycles. The summed E-state index contributed by atoms with van der Waals surface area (Å²) in [5, 5.41) is 35.1. The summed E-state index contributed by atoms with van der Waals surface area (Å²) < 4.78 is 7.11. The molecule has 0 aliphatic carbocycles. The summed E-state index contributed by atoms with van der Waals surface area (Å²) in [5.74, 6) is 0. The molecule has 0 aliphatic heterocycles. The molecule has 13 aromatic rings. The molecule has 5 heteroatoms. The number of fused-ring (bicyclic) bond motifs is 20. The molecular formula is C44H19N5. The minimum atomic E-state index is 0.657. The highest BCUT2D eigenvalue weighted by molar-refractivity contribution is 6.38. The van der Waals surface area contributed by atoms with E-state index in [1.54, 1.807) is 0 Å². The van der Waals surface area contributed by atoms with Crippen LogP contribution < -0.4 is 0 Å². The van der Waals surface area contributed by atoms with E-state index in [1.165, 1.54) is 21.5 Å². The molecule has 0 amide bonds. The summed E-state index contributed by atoms with van der Waals surface area (Å²) in [5.41, 5.74) is 11.1. The largest absolute Gasteiger partial charge is 0.308 e. The Labute approximate surface area is 275 Å². The lowest BCUT2D eigenvalue weighted by Crippen LogP contribution is -1.89. The van der Waals surface area contributed by atoms with Crippen molar-refractivity contribution in [3.63, 3.8) is 0 Å². The average Bonchev–Trinajstić information content (AvgIpc) is 3.98. The van der Waals surface area contributed by atoms with E-state index in [9.17, 15) is 10.5 Å². The van der Waals surface area contributed by atoms with Gasteiger partial charge in [-0.15, -0.1) is 0 Å². The molecule has 0 bridgehead atoms. The second-order valence-electron chi connectivity index (χ2n) is 13.5. The van der Waals surface area contributed by atoms with Crippen molar-refractivity contribution in [2.75, 3.05) is 0 Å². The molecule has 0 atom stereocenters. The van der Waals surface area contributed by atoms with E-state index in [0.717, 1.165) is 92.7 Å². The lowest BCUT2D eigenvalue weighted by atomic mass is 9.99. The Hall–Kier alpha value is -7.08. The number of nitrogens with zero attached hydrogens (tertiary/aromatic N) is 5. The highest BCUT2D eigenvalue weighted by atomic mass is 15.0. The Kier molecular flexibility index (Phi) is 3.80. The Bertz CT molecular complexity index is 3500. The van der Waals surface area contributed by atoms with E-state index in [1.807, 2.05) is 0 Å². The van der Waals surface area contributed by atoms with Gasteiger partial charge < -0.3 is 13.2 Å². The van der Waals surface area contributed by atoms with E-state index in [0.29, 0.717) is 11.1 Å². The summed E-state index contributed by atoms with van der Waals surface area (Å²) >= 11 is 0. The summed E-state index contributed by atoms with van der Waals surface area (Å²) in [7, 11) is 0. The fourth-order valence-corrected chi connectivity index (χ4v) is 9.83. The van der Waals surface area contributed by atoms with Crippen molar-refractivity contribution < 1.29 is 0 Å². The highest BCUT2D eigenvalue weighted by Gasteiger charge is 2.29. The molecule has 0 spiro atoms. The molecule has 0 N–H and O–H groups in total. The van der Waals surface area contributed by atoms with Crippen LogP contribution in [0.2, 0.25) is 0 Å². The lowest BCUT2D eigenvalue weighted by Gasteiger charge is -2.06. The highest BCUT2D eigenvalue weighted by Crippen LogP contribution is 2.50. The molecule has 49 heavy (non-hydrogen) atoms. The molecule has 0 radical (unpaired) electrons. The minimum absolute atomic E-state index is 0.657. The molecule has 13 rings (SSSR count). The summed E-state index contributed by atoms with van der Waals surface area (Å²) in [4.78, 5) is 0. The normalized spacial score (nSPS) is 12.9. The zero-order valence-electron chi connectivity index (χ0n) is 25.7. The number of para-hydroxylation sites is 5. The van der Waals surface area contributed by atoms with Crippen LogP contribution in [0.3, 0.4) is 0 Å². The van der Waals surface area contributed by atoms with Crippen LogP contribution in [0.1, 0.15) is 11.1 Å². The molecule has 6 heterocycles. The van der Waals surface area contributed by atoms with E-state index < -0.39 is 0 Å². The maximum absolute atomic E-state index is 10.7. The Morgan fingerprint density at radius 3 is 1.14 bits per heavy atom. The summed E-state index contributed by atoms with van der Waals surface area (Å²) in [6.45, 7) is 0. The van der Waals surface area contributed by atoms with Crippen molar-refractivity contribution in [1.29, 1.82) is 10.5 Å². The van der Waals surface area contributed by atoms with Crippen LogP contribution in [0.25, 0.3) is 114 Å². The van der Waals surface area contributed by atoms with Crippen LogP contribution >= 0.6 is 0 Å². The van der Waals surface area contributed by atoms with Gasteiger partial charge in [-0.3, -0.25) is 0 Å². The van der Waals surface area contributed by atoms with Gasteiger partial charge in [0.1, 0.15) is 0 Å². The third kappa shape index (κ3) is 2.39. The van der Waals surface area contributed by atoms with Gasteiger partial charge in [0, 0.05) is 64.6 Å². The zero-order chi connectivity index (χ0) is 31.9. The van der Waals surface area contributed by atoms with Gasteiger partial charge in [0.2, 0.25) is 0 Å². The molecule has 0 aliphatic rings. The third-order valence-corrected chi connectivity index (χ3v) is 11.5. The van der Waals surface area contributed by atoms with Crippen molar-refractivity contribution in [3.8, 4) is 12.1 Å². The smallest absolute Gasteiger partial charge is 0.0999 e. The quantitative estimate of drug-likeness (QED) is 0.170. The first-order chi connectivity index (χ1) is 24.3. The molecular weight excluding hydrogens is 599 g/mol. The van der Waals surface area contributed by atoms with Crippen LogP contribution in [0, 0.1) is 22.7 Å². The van der Waals surface area contributed by atoms with Gasteiger partial charge in [0.05, 0.1) is 72.9 Å². The van der Waals surface area contributed by atoms with Crippen LogP contribution in [0.5, 0.6) is 0 Å².